The molecule has 2 fully saturated rings. The predicted octanol–water partition coefficient (Wildman–Crippen LogP) is 4.99. The number of rotatable bonds is 19. The molecule has 4 aromatic heterocycles. The van der Waals surface area contributed by atoms with Crippen molar-refractivity contribution in [3.63, 3.8) is 0 Å². The number of benzene rings is 4. The number of hydrogen-bond donors (Lipinski definition) is 5. The third kappa shape index (κ3) is 10.5. The Morgan fingerprint density at radius 3 is 2.07 bits per heavy atom. The first-order valence-electron chi connectivity index (χ1n) is 24.2. The summed E-state index contributed by atoms with van der Waals surface area (Å²) in [7, 11) is -1.48. The number of aliphatic hydroxyl groups is 1. The minimum absolute atomic E-state index is 0.0152. The summed E-state index contributed by atoms with van der Waals surface area (Å²) in [6.45, 7) is 2.64. The van der Waals surface area contributed by atoms with Crippen LogP contribution in [-0.2, 0) is 39.1 Å². The molecule has 2 saturated heterocycles. The van der Waals surface area contributed by atoms with Gasteiger partial charge in [0.2, 0.25) is 11.9 Å². The lowest BCUT2D eigenvalue weighted by Crippen LogP contribution is -2.45. The van der Waals surface area contributed by atoms with E-state index in [1.54, 1.807) is 63.0 Å². The second-order valence-corrected chi connectivity index (χ2v) is 19.7. The third-order valence-electron chi connectivity index (χ3n) is 13.2. The number of aromatic nitrogens is 8. The molecule has 0 aliphatic carbocycles. The van der Waals surface area contributed by atoms with Crippen LogP contribution in [0.2, 0.25) is 0 Å². The summed E-state index contributed by atoms with van der Waals surface area (Å²) in [5, 5.41) is 16.6. The average Bonchev–Trinajstić information content (AvgIpc) is 4.26. The maximum atomic E-state index is 14.2. The van der Waals surface area contributed by atoms with Crippen LogP contribution in [0, 0.1) is 5.92 Å². The second kappa shape index (κ2) is 21.7. The van der Waals surface area contributed by atoms with Crippen LogP contribution in [0.25, 0.3) is 22.3 Å². The van der Waals surface area contributed by atoms with Gasteiger partial charge in [0.25, 0.3) is 11.5 Å². The molecule has 76 heavy (non-hydrogen) atoms. The molecule has 2 amide bonds. The number of amides is 2. The zero-order chi connectivity index (χ0) is 53.1. The first kappa shape index (κ1) is 51.5. The summed E-state index contributed by atoms with van der Waals surface area (Å²) in [6.07, 6.45) is -1.24. The highest BCUT2D eigenvalue weighted by Crippen LogP contribution is 2.43. The van der Waals surface area contributed by atoms with Crippen molar-refractivity contribution in [2.24, 2.45) is 5.92 Å². The monoisotopic (exact) mass is 1060 g/mol. The van der Waals surface area contributed by atoms with Gasteiger partial charge in [-0.2, -0.15) is 18.1 Å². The molecule has 4 aromatic carbocycles. The number of H-pyrrole nitrogens is 1. The summed E-state index contributed by atoms with van der Waals surface area (Å²) in [5.41, 5.74) is 1.18. The van der Waals surface area contributed by atoms with E-state index in [1.807, 2.05) is 78.9 Å². The van der Waals surface area contributed by atoms with Gasteiger partial charge in [0.05, 0.1) is 52.2 Å². The van der Waals surface area contributed by atoms with E-state index in [0.29, 0.717) is 22.7 Å². The Kier molecular flexibility index (Phi) is 14.7. The molecule has 0 bridgehead atoms. The standard InChI is InChI=1S/C52H53N11O12S/c1-30(2)47(65)59-51-58-46-43(49(67)60-51)56-29-63(46)50-39(64)23-37(74-50)25-73-76(68,69)61-38-24-41(62-28-55-42-44(53-27-54-45(42)62)57-48(66)31-11-7-5-8-12-31)75-40(38)26-72-52(32-13-9-6-10-14-32,33-15-19-35(70-3)20-16-33)34-17-21-36(71-4)22-18-34/h5-22,27-30,37-41,50,61,64H,23-26H2,1-4H3,(H,53,54,57,66)(H2,58,59,60,65,67)/t37-,38-,39+,40+,41+,50+/m0/s1. The molecule has 2 aliphatic rings. The molecule has 6 atom stereocenters. The van der Waals surface area contributed by atoms with Gasteiger partial charge < -0.3 is 34.1 Å². The Morgan fingerprint density at radius 2 is 1.41 bits per heavy atom. The third-order valence-corrected chi connectivity index (χ3v) is 14.2. The summed E-state index contributed by atoms with van der Waals surface area (Å²) in [4.78, 5) is 62.9. The van der Waals surface area contributed by atoms with Gasteiger partial charge in [-0.05, 0) is 53.1 Å². The Hall–Kier alpha value is -7.97. The summed E-state index contributed by atoms with van der Waals surface area (Å²) in [5.74, 6) is 0.0722. The van der Waals surface area contributed by atoms with E-state index in [9.17, 15) is 27.9 Å². The Labute approximate surface area is 434 Å². The van der Waals surface area contributed by atoms with E-state index in [4.69, 9.17) is 27.9 Å². The Morgan fingerprint density at radius 1 is 0.776 bits per heavy atom. The molecule has 2 aliphatic heterocycles. The number of carbonyl (C=O) groups excluding carboxylic acids is 2. The van der Waals surface area contributed by atoms with E-state index in [-0.39, 0.29) is 53.8 Å². The summed E-state index contributed by atoms with van der Waals surface area (Å²) >= 11 is 0. The van der Waals surface area contributed by atoms with Gasteiger partial charge in [0, 0.05) is 24.3 Å². The molecular formula is C52H53N11O12S. The maximum Gasteiger partial charge on any atom is 0.336 e. The first-order chi connectivity index (χ1) is 36.7. The number of aliphatic hydroxyl groups excluding tert-OH is 1. The molecule has 8 aromatic rings. The van der Waals surface area contributed by atoms with Gasteiger partial charge in [-0.3, -0.25) is 38.0 Å². The van der Waals surface area contributed by atoms with Gasteiger partial charge in [0.15, 0.2) is 34.4 Å². The smallest absolute Gasteiger partial charge is 0.336 e. The number of hydrogen-bond acceptors (Lipinski definition) is 17. The minimum Gasteiger partial charge on any atom is -0.497 e. The van der Waals surface area contributed by atoms with E-state index in [1.165, 1.54) is 23.5 Å². The van der Waals surface area contributed by atoms with Crippen LogP contribution in [0.5, 0.6) is 11.5 Å². The number of ether oxygens (including phenoxy) is 5. The number of fused-ring (bicyclic) bond motifs is 2. The van der Waals surface area contributed by atoms with Crippen molar-refractivity contribution < 1.29 is 51.0 Å². The lowest BCUT2D eigenvalue weighted by molar-refractivity contribution is -0.118. The zero-order valence-electron chi connectivity index (χ0n) is 41.5. The molecule has 6 heterocycles. The van der Waals surface area contributed by atoms with Crippen molar-refractivity contribution in [2.75, 3.05) is 38.1 Å². The SMILES string of the molecule is COc1ccc(C(OC[C@H]2O[C@@H](n3cnc4c(NC(=O)c5ccccc5)ncnc43)C[C@@H]2NS(=O)(=O)OC[C@@H]2C[C@@H](O)[C@H](n3cnc4c(=O)[nH]c(NC(=O)C(C)C)nc43)O2)(c2ccccc2)c2ccc(OC)cc2)cc1. The van der Waals surface area contributed by atoms with Crippen LogP contribution < -0.4 is 30.4 Å². The number of imidazole rings is 2. The van der Waals surface area contributed by atoms with Crippen LogP contribution in [0.1, 0.15) is 66.2 Å². The molecule has 24 heteroatoms. The van der Waals surface area contributed by atoms with Crippen LogP contribution in [0.15, 0.2) is 133 Å². The van der Waals surface area contributed by atoms with Crippen LogP contribution >= 0.6 is 0 Å². The molecule has 0 unspecified atom stereocenters. The van der Waals surface area contributed by atoms with Gasteiger partial charge >= 0.3 is 10.3 Å². The summed E-state index contributed by atoms with van der Waals surface area (Å²) < 4.78 is 70.8. The number of nitrogens with one attached hydrogen (secondary N) is 4. The van der Waals surface area contributed by atoms with Crippen LogP contribution in [-0.4, -0.2) is 116 Å². The van der Waals surface area contributed by atoms with Gasteiger partial charge in [-0.15, -0.1) is 0 Å². The normalized spacial score (nSPS) is 19.8. The number of aromatic amines is 1. The molecule has 0 spiro atoms. The van der Waals surface area contributed by atoms with Gasteiger partial charge in [-0.1, -0.05) is 86.6 Å². The highest BCUT2D eigenvalue weighted by atomic mass is 32.2. The van der Waals surface area contributed by atoms with Gasteiger partial charge in [-0.25, -0.2) is 19.9 Å². The topological polar surface area (TPSA) is 287 Å². The van der Waals surface area contributed by atoms with Crippen LogP contribution in [0.4, 0.5) is 11.8 Å². The van der Waals surface area contributed by atoms with Gasteiger partial charge in [0.1, 0.15) is 41.9 Å². The van der Waals surface area contributed by atoms with Crippen LogP contribution in [0.3, 0.4) is 0 Å². The maximum absolute atomic E-state index is 14.2. The fraction of sp³-hybridized carbons (Fsp3) is 0.308. The number of carbonyl (C=O) groups is 2. The highest BCUT2D eigenvalue weighted by Gasteiger charge is 2.45. The van der Waals surface area contributed by atoms with E-state index < -0.39 is 76.7 Å². The minimum atomic E-state index is -4.64. The lowest BCUT2D eigenvalue weighted by Gasteiger charge is -2.37. The number of nitrogens with zero attached hydrogens (tertiary/aromatic N) is 7. The quantitative estimate of drug-likeness (QED) is 0.0667. The molecular weight excluding hydrogens is 1000 g/mol. The molecule has 5 N–H and O–H groups in total. The summed E-state index contributed by atoms with van der Waals surface area (Å²) in [6, 6.07) is 32.1. The van der Waals surface area contributed by atoms with E-state index in [0.717, 1.165) is 16.7 Å². The lowest BCUT2D eigenvalue weighted by atomic mass is 9.80. The van der Waals surface area contributed by atoms with Crippen molar-refractivity contribution in [3.05, 3.63) is 161 Å². The fourth-order valence-electron chi connectivity index (χ4n) is 9.29. The molecule has 0 radical (unpaired) electrons. The molecule has 23 nitrogen and oxygen atoms in total. The first-order valence-corrected chi connectivity index (χ1v) is 25.6. The number of anilines is 2. The average molecular weight is 1060 g/mol. The van der Waals surface area contributed by atoms with Crippen molar-refractivity contribution in [3.8, 4) is 11.5 Å². The van der Waals surface area contributed by atoms with Crippen molar-refractivity contribution in [2.45, 2.75) is 69.1 Å². The Bertz CT molecular complexity index is 3480. The molecule has 10 rings (SSSR count). The predicted molar refractivity (Wildman–Crippen MR) is 274 cm³/mol. The highest BCUT2D eigenvalue weighted by molar-refractivity contribution is 7.84. The molecule has 394 valence electrons. The largest absolute Gasteiger partial charge is 0.497 e. The van der Waals surface area contributed by atoms with Crippen molar-refractivity contribution in [1.29, 1.82) is 0 Å². The fourth-order valence-corrected chi connectivity index (χ4v) is 10.3. The second-order valence-electron chi connectivity index (χ2n) is 18.3. The van der Waals surface area contributed by atoms with Crippen molar-refractivity contribution >= 4 is 56.2 Å². The van der Waals surface area contributed by atoms with E-state index in [2.05, 4.69) is 45.3 Å². The molecule has 0 saturated carbocycles. The van der Waals surface area contributed by atoms with E-state index >= 15 is 0 Å². The number of methoxy groups -OCH3 is 2. The Balaban J connectivity index is 0.937. The zero-order valence-corrected chi connectivity index (χ0v) is 42.3. The van der Waals surface area contributed by atoms with Crippen molar-refractivity contribution in [1.82, 2.24) is 43.8 Å².